The molecule has 0 aliphatic carbocycles. The average molecular weight is 500 g/mol. The van der Waals surface area contributed by atoms with E-state index in [1.54, 1.807) is 12.1 Å². The lowest BCUT2D eigenvalue weighted by molar-refractivity contribution is 0.313. The van der Waals surface area contributed by atoms with Crippen LogP contribution in [0.5, 0.6) is 11.5 Å². The van der Waals surface area contributed by atoms with Crippen molar-refractivity contribution in [2.75, 3.05) is 19.7 Å². The van der Waals surface area contributed by atoms with Gasteiger partial charge in [0.2, 0.25) is 0 Å². The van der Waals surface area contributed by atoms with Gasteiger partial charge in [-0.15, -0.1) is 0 Å². The van der Waals surface area contributed by atoms with Crippen molar-refractivity contribution in [3.05, 3.63) is 95.6 Å². The molecule has 3 heteroatoms. The zero-order chi connectivity index (χ0) is 26.1. The van der Waals surface area contributed by atoms with Gasteiger partial charge in [0, 0.05) is 6.54 Å². The molecule has 3 rings (SSSR count). The fraction of sp³-hybridized carbons (Fsp3) is 0.412. The topological polar surface area (TPSA) is 41.5 Å². The fourth-order valence-corrected chi connectivity index (χ4v) is 4.78. The summed E-state index contributed by atoms with van der Waals surface area (Å²) in [6.45, 7) is 7.07. The van der Waals surface area contributed by atoms with Gasteiger partial charge in [0.1, 0.15) is 18.1 Å². The number of benzene rings is 3. The second-order valence-electron chi connectivity index (χ2n) is 9.72. The van der Waals surface area contributed by atoms with Crippen LogP contribution in [0.2, 0.25) is 0 Å². The molecule has 0 unspecified atom stereocenters. The minimum atomic E-state index is 0.278. The van der Waals surface area contributed by atoms with Crippen molar-refractivity contribution in [1.82, 2.24) is 5.32 Å². The fourth-order valence-electron chi connectivity index (χ4n) is 4.78. The van der Waals surface area contributed by atoms with E-state index in [0.29, 0.717) is 6.61 Å². The van der Waals surface area contributed by atoms with Crippen molar-refractivity contribution < 1.29 is 9.84 Å². The zero-order valence-electron chi connectivity index (χ0n) is 22.8. The van der Waals surface area contributed by atoms with Crippen molar-refractivity contribution in [2.24, 2.45) is 0 Å². The number of phenols is 1. The van der Waals surface area contributed by atoms with Crippen LogP contribution in [-0.4, -0.2) is 24.8 Å². The first-order valence-electron chi connectivity index (χ1n) is 14.2. The van der Waals surface area contributed by atoms with Gasteiger partial charge in [-0.1, -0.05) is 113 Å². The Morgan fingerprint density at radius 2 is 1.24 bits per heavy atom. The van der Waals surface area contributed by atoms with Gasteiger partial charge in [0.25, 0.3) is 0 Å². The highest BCUT2D eigenvalue weighted by molar-refractivity contribution is 5.98. The summed E-state index contributed by atoms with van der Waals surface area (Å²) in [6, 6.07) is 26.4. The van der Waals surface area contributed by atoms with E-state index in [-0.39, 0.29) is 5.75 Å². The minimum Gasteiger partial charge on any atom is -0.508 e. The normalized spacial score (nSPS) is 11.8. The number of nitrogens with one attached hydrogen (secondary N) is 1. The third-order valence-electron chi connectivity index (χ3n) is 6.83. The maximum absolute atomic E-state index is 9.83. The number of allylic oxidation sites excluding steroid dienone is 1. The quantitative estimate of drug-likeness (QED) is 0.144. The van der Waals surface area contributed by atoms with Crippen LogP contribution in [0.4, 0.5) is 0 Å². The van der Waals surface area contributed by atoms with Crippen LogP contribution in [0.3, 0.4) is 0 Å². The Balaban J connectivity index is 1.54. The minimum absolute atomic E-state index is 0.278. The van der Waals surface area contributed by atoms with Gasteiger partial charge < -0.3 is 15.2 Å². The highest BCUT2D eigenvalue weighted by atomic mass is 16.5. The van der Waals surface area contributed by atoms with Crippen molar-refractivity contribution in [3.8, 4) is 11.5 Å². The van der Waals surface area contributed by atoms with E-state index >= 15 is 0 Å². The highest BCUT2D eigenvalue weighted by Gasteiger charge is 2.13. The molecule has 0 aliphatic heterocycles. The Bertz CT molecular complexity index is 1040. The first-order valence-corrected chi connectivity index (χ1v) is 14.2. The number of phenolic OH excluding ortho intramolecular Hbond substituents is 1. The molecule has 0 saturated heterocycles. The maximum atomic E-state index is 9.83. The molecular formula is C34H45NO2. The molecule has 0 saturated carbocycles. The highest BCUT2D eigenvalue weighted by Crippen LogP contribution is 2.35. The van der Waals surface area contributed by atoms with Gasteiger partial charge in [-0.05, 0) is 71.5 Å². The Kier molecular flexibility index (Phi) is 12.8. The summed E-state index contributed by atoms with van der Waals surface area (Å²) in [5.74, 6) is 1.17. The van der Waals surface area contributed by atoms with Crippen molar-refractivity contribution in [2.45, 2.75) is 71.6 Å². The number of rotatable bonds is 17. The van der Waals surface area contributed by atoms with E-state index in [2.05, 4.69) is 67.7 Å². The molecule has 0 amide bonds. The lowest BCUT2D eigenvalue weighted by Crippen LogP contribution is -2.22. The number of ether oxygens (including phenoxy) is 1. The van der Waals surface area contributed by atoms with Crippen LogP contribution in [0, 0.1) is 0 Å². The van der Waals surface area contributed by atoms with Crippen molar-refractivity contribution in [3.63, 3.8) is 0 Å². The lowest BCUT2D eigenvalue weighted by Gasteiger charge is -2.17. The second-order valence-corrected chi connectivity index (χ2v) is 9.72. The molecule has 0 aliphatic rings. The average Bonchev–Trinajstić information content (AvgIpc) is 2.94. The predicted octanol–water partition coefficient (Wildman–Crippen LogP) is 8.87. The number of unbranched alkanes of at least 4 members (excludes halogenated alkanes) is 7. The van der Waals surface area contributed by atoms with Crippen LogP contribution in [0.1, 0.15) is 88.3 Å². The van der Waals surface area contributed by atoms with Crippen LogP contribution in [-0.2, 0) is 0 Å². The van der Waals surface area contributed by atoms with Crippen LogP contribution in [0.15, 0.2) is 78.9 Å². The molecule has 0 atom stereocenters. The van der Waals surface area contributed by atoms with E-state index in [4.69, 9.17) is 4.74 Å². The van der Waals surface area contributed by atoms with Crippen molar-refractivity contribution in [1.29, 1.82) is 0 Å². The molecule has 2 N–H and O–H groups in total. The summed E-state index contributed by atoms with van der Waals surface area (Å²) in [5.41, 5.74) is 5.93. The Morgan fingerprint density at radius 1 is 0.649 bits per heavy atom. The molecule has 0 bridgehead atoms. The summed E-state index contributed by atoms with van der Waals surface area (Å²) >= 11 is 0. The van der Waals surface area contributed by atoms with E-state index in [1.165, 1.54) is 68.1 Å². The molecule has 198 valence electrons. The molecule has 3 aromatic carbocycles. The summed E-state index contributed by atoms with van der Waals surface area (Å²) in [4.78, 5) is 0. The maximum Gasteiger partial charge on any atom is 0.119 e. The smallest absolute Gasteiger partial charge is 0.119 e. The third kappa shape index (κ3) is 9.74. The molecule has 3 aromatic rings. The van der Waals surface area contributed by atoms with E-state index in [9.17, 15) is 5.11 Å². The number of hydrogen-bond acceptors (Lipinski definition) is 3. The van der Waals surface area contributed by atoms with E-state index < -0.39 is 0 Å². The largest absolute Gasteiger partial charge is 0.508 e. The van der Waals surface area contributed by atoms with Crippen molar-refractivity contribution >= 4 is 11.1 Å². The van der Waals surface area contributed by atoms with Gasteiger partial charge in [0.15, 0.2) is 0 Å². The first kappa shape index (κ1) is 28.5. The molecule has 0 aromatic heterocycles. The predicted molar refractivity (Wildman–Crippen MR) is 158 cm³/mol. The van der Waals surface area contributed by atoms with E-state index in [1.807, 2.05) is 18.2 Å². The molecule has 37 heavy (non-hydrogen) atoms. The summed E-state index contributed by atoms with van der Waals surface area (Å²) < 4.78 is 6.00. The van der Waals surface area contributed by atoms with Crippen LogP contribution < -0.4 is 10.1 Å². The number of hydrogen-bond donors (Lipinski definition) is 2. The summed E-state index contributed by atoms with van der Waals surface area (Å²) in [5, 5.41) is 13.3. The molecular weight excluding hydrogens is 454 g/mol. The summed E-state index contributed by atoms with van der Waals surface area (Å²) in [7, 11) is 0. The standard InChI is InChI=1S/C34H45NO2/c1-3-5-6-7-8-9-10-14-25-35-26-27-37-32-23-19-30(20-24-32)34(29-17-21-31(36)22-18-29)33(4-2)28-15-12-11-13-16-28/h11-13,15-24,35-36H,3-10,14,25-27H2,1-2H3/b34-33-. The number of aromatic hydroxyl groups is 1. The monoisotopic (exact) mass is 499 g/mol. The zero-order valence-corrected chi connectivity index (χ0v) is 22.8. The van der Waals surface area contributed by atoms with Gasteiger partial charge in [-0.3, -0.25) is 0 Å². The van der Waals surface area contributed by atoms with Gasteiger partial charge in [-0.2, -0.15) is 0 Å². The molecule has 0 heterocycles. The van der Waals surface area contributed by atoms with E-state index in [0.717, 1.165) is 36.4 Å². The summed E-state index contributed by atoms with van der Waals surface area (Å²) in [6.07, 6.45) is 11.7. The SMILES string of the molecule is CCCCCCCCCCNCCOc1ccc(/C(=C(/CC)c2ccccc2)c2ccc(O)cc2)cc1. The van der Waals surface area contributed by atoms with Crippen LogP contribution in [0.25, 0.3) is 11.1 Å². The Hall–Kier alpha value is -3.04. The van der Waals surface area contributed by atoms with Gasteiger partial charge >= 0.3 is 0 Å². The first-order chi connectivity index (χ1) is 18.2. The third-order valence-corrected chi connectivity index (χ3v) is 6.83. The molecule has 0 spiro atoms. The van der Waals surface area contributed by atoms with Crippen LogP contribution >= 0.6 is 0 Å². The Morgan fingerprint density at radius 3 is 1.86 bits per heavy atom. The Labute approximate surface area is 224 Å². The molecule has 0 fully saturated rings. The van der Waals surface area contributed by atoms with Gasteiger partial charge in [0.05, 0.1) is 0 Å². The second kappa shape index (κ2) is 16.7. The van der Waals surface area contributed by atoms with Gasteiger partial charge in [-0.25, -0.2) is 0 Å². The lowest BCUT2D eigenvalue weighted by atomic mass is 9.88. The molecule has 3 nitrogen and oxygen atoms in total. The molecule has 0 radical (unpaired) electrons.